The Balaban J connectivity index is 1.36. The number of carbonyl (C=O) groups excluding carboxylic acids is 3. The van der Waals surface area contributed by atoms with Crippen molar-refractivity contribution in [2.24, 2.45) is 10.9 Å². The highest BCUT2D eigenvalue weighted by Gasteiger charge is 2.57. The lowest BCUT2D eigenvalue weighted by molar-refractivity contribution is -0.561. The number of benzene rings is 2. The number of hydrogen-bond acceptors (Lipinski definition) is 6. The van der Waals surface area contributed by atoms with Crippen molar-refractivity contribution >= 4 is 29.7 Å². The standard InChI is InChI=1S/C26H28N5O4/c1-18-13-29(15-19-9-5-3-6-10-19)25-27-23-22(30(25)14-18)24(33)31(26(34)28(23)2)16-21(32)35-17-20-11-7-4-8-12-20/h3-12,18,22H,13-17H2,1-2H3/q+1. The van der Waals surface area contributed by atoms with Crippen molar-refractivity contribution in [2.45, 2.75) is 26.1 Å². The van der Waals surface area contributed by atoms with Gasteiger partial charge in [0.15, 0.2) is 0 Å². The maximum atomic E-state index is 13.5. The molecule has 0 N–H and O–H groups in total. The van der Waals surface area contributed by atoms with Crippen molar-refractivity contribution in [3.63, 3.8) is 0 Å². The molecule has 2 aromatic rings. The first-order valence-corrected chi connectivity index (χ1v) is 11.7. The Morgan fingerprint density at radius 1 is 1.06 bits per heavy atom. The van der Waals surface area contributed by atoms with Crippen LogP contribution in [0.3, 0.4) is 0 Å². The van der Waals surface area contributed by atoms with Gasteiger partial charge < -0.3 is 4.74 Å². The highest BCUT2D eigenvalue weighted by Crippen LogP contribution is 2.27. The summed E-state index contributed by atoms with van der Waals surface area (Å²) < 4.78 is 7.47. The summed E-state index contributed by atoms with van der Waals surface area (Å²) in [6.45, 7) is 3.86. The minimum absolute atomic E-state index is 0.0812. The molecule has 2 atom stereocenters. The summed E-state index contributed by atoms with van der Waals surface area (Å²) in [5.74, 6) is 0.290. The van der Waals surface area contributed by atoms with Gasteiger partial charge in [-0.05, 0) is 11.1 Å². The van der Waals surface area contributed by atoms with Gasteiger partial charge >= 0.3 is 18.0 Å². The van der Waals surface area contributed by atoms with Crippen molar-refractivity contribution in [1.29, 1.82) is 0 Å². The molecule has 0 spiro atoms. The highest BCUT2D eigenvalue weighted by atomic mass is 16.5. The third-order valence-electron chi connectivity index (χ3n) is 6.46. The first-order valence-electron chi connectivity index (χ1n) is 11.7. The van der Waals surface area contributed by atoms with E-state index in [1.54, 1.807) is 7.05 Å². The highest BCUT2D eigenvalue weighted by molar-refractivity contribution is 6.26. The monoisotopic (exact) mass is 474 g/mol. The molecule has 5 rings (SSSR count). The number of likely N-dealkylation sites (N-methyl/N-ethyl adjacent to an activating group) is 1. The number of rotatable bonds is 6. The number of amidine groups is 1. The molecule has 0 aromatic heterocycles. The number of amides is 3. The second-order valence-electron chi connectivity index (χ2n) is 9.21. The van der Waals surface area contributed by atoms with Crippen molar-refractivity contribution in [3.05, 3.63) is 71.8 Å². The van der Waals surface area contributed by atoms with Crippen LogP contribution in [0.1, 0.15) is 18.1 Å². The van der Waals surface area contributed by atoms with Gasteiger partial charge in [0, 0.05) is 13.0 Å². The lowest BCUT2D eigenvalue weighted by Crippen LogP contribution is -2.65. The zero-order valence-corrected chi connectivity index (χ0v) is 19.8. The zero-order chi connectivity index (χ0) is 24.5. The van der Waals surface area contributed by atoms with Crippen LogP contribution in [0.25, 0.3) is 0 Å². The minimum Gasteiger partial charge on any atom is -0.459 e. The maximum absolute atomic E-state index is 13.5. The molecule has 3 aliphatic heterocycles. The SMILES string of the molecule is CC1CN2C(=[N+](Cc3ccccc3)C1)N=C1C2C(=O)N(CC(=O)OCc2ccccc2)C(=O)N1C. The van der Waals surface area contributed by atoms with Gasteiger partial charge in [0.2, 0.25) is 11.9 Å². The Kier molecular flexibility index (Phi) is 6.07. The number of urea groups is 1. The second kappa shape index (κ2) is 9.32. The van der Waals surface area contributed by atoms with Gasteiger partial charge in [-0.1, -0.05) is 72.6 Å². The number of esters is 1. The van der Waals surface area contributed by atoms with E-state index in [9.17, 15) is 14.4 Å². The molecule has 2 aromatic carbocycles. The van der Waals surface area contributed by atoms with Gasteiger partial charge in [-0.25, -0.2) is 14.6 Å². The topological polar surface area (TPSA) is 85.5 Å². The summed E-state index contributed by atoms with van der Waals surface area (Å²) in [7, 11) is 1.59. The Morgan fingerprint density at radius 3 is 2.40 bits per heavy atom. The summed E-state index contributed by atoms with van der Waals surface area (Å²) in [6, 6.07) is 18.0. The quantitative estimate of drug-likeness (QED) is 0.472. The van der Waals surface area contributed by atoms with E-state index < -0.39 is 30.5 Å². The minimum atomic E-state index is -0.740. The Labute approximate surface area is 203 Å². The van der Waals surface area contributed by atoms with Crippen LogP contribution in [0.15, 0.2) is 65.7 Å². The number of guanidine groups is 1. The molecule has 3 amide bonds. The zero-order valence-electron chi connectivity index (χ0n) is 19.8. The van der Waals surface area contributed by atoms with Gasteiger partial charge in [0.05, 0.1) is 19.6 Å². The number of aliphatic imine (C=N–C) groups is 1. The van der Waals surface area contributed by atoms with E-state index in [1.807, 2.05) is 53.4 Å². The number of imide groups is 1. The molecule has 3 heterocycles. The summed E-state index contributed by atoms with van der Waals surface area (Å²) in [4.78, 5) is 48.1. The smallest absolute Gasteiger partial charge is 0.392 e. The molecule has 0 aliphatic carbocycles. The number of ether oxygens (including phenoxy) is 1. The van der Waals surface area contributed by atoms with Crippen molar-refractivity contribution < 1.29 is 23.7 Å². The molecule has 3 aliphatic rings. The second-order valence-corrected chi connectivity index (χ2v) is 9.21. The lowest BCUT2D eigenvalue weighted by Gasteiger charge is -2.36. The van der Waals surface area contributed by atoms with E-state index in [-0.39, 0.29) is 12.5 Å². The van der Waals surface area contributed by atoms with Crippen LogP contribution in [0.2, 0.25) is 0 Å². The first kappa shape index (κ1) is 22.8. The first-order chi connectivity index (χ1) is 16.9. The molecule has 1 fully saturated rings. The fraction of sp³-hybridized carbons (Fsp3) is 0.346. The van der Waals surface area contributed by atoms with Gasteiger partial charge in [0.1, 0.15) is 13.2 Å². The van der Waals surface area contributed by atoms with Gasteiger partial charge in [-0.15, -0.1) is 0 Å². The van der Waals surface area contributed by atoms with Crippen molar-refractivity contribution in [3.8, 4) is 0 Å². The Morgan fingerprint density at radius 2 is 1.71 bits per heavy atom. The normalized spacial score (nSPS) is 21.7. The van der Waals surface area contributed by atoms with Crippen LogP contribution in [-0.2, 0) is 27.5 Å². The number of hydrogen-bond donors (Lipinski definition) is 0. The Bertz CT molecular complexity index is 1210. The number of nitrogens with zero attached hydrogens (tertiary/aromatic N) is 5. The van der Waals surface area contributed by atoms with E-state index in [1.165, 1.54) is 4.90 Å². The van der Waals surface area contributed by atoms with E-state index in [0.29, 0.717) is 24.9 Å². The van der Waals surface area contributed by atoms with Crippen LogP contribution in [-0.4, -0.2) is 81.7 Å². The molecule has 0 radical (unpaired) electrons. The maximum Gasteiger partial charge on any atom is 0.392 e. The molecule has 2 unspecified atom stereocenters. The summed E-state index contributed by atoms with van der Waals surface area (Å²) in [5.41, 5.74) is 1.97. The van der Waals surface area contributed by atoms with Crippen LogP contribution in [0.5, 0.6) is 0 Å². The van der Waals surface area contributed by atoms with Crippen LogP contribution in [0.4, 0.5) is 4.79 Å². The molecule has 9 nitrogen and oxygen atoms in total. The van der Waals surface area contributed by atoms with Crippen molar-refractivity contribution in [2.75, 3.05) is 26.7 Å². The number of fused-ring (bicyclic) bond motifs is 3. The summed E-state index contributed by atoms with van der Waals surface area (Å²) >= 11 is 0. The molecular weight excluding hydrogens is 446 g/mol. The fourth-order valence-corrected chi connectivity index (χ4v) is 4.79. The average Bonchev–Trinajstić information content (AvgIpc) is 3.25. The van der Waals surface area contributed by atoms with Crippen LogP contribution < -0.4 is 0 Å². The molecule has 0 saturated carbocycles. The molecule has 35 heavy (non-hydrogen) atoms. The van der Waals surface area contributed by atoms with E-state index in [2.05, 4.69) is 23.6 Å². The van der Waals surface area contributed by atoms with Gasteiger partial charge in [-0.2, -0.15) is 0 Å². The lowest BCUT2D eigenvalue weighted by atomic mass is 10.1. The van der Waals surface area contributed by atoms with Crippen molar-refractivity contribution in [1.82, 2.24) is 14.7 Å². The van der Waals surface area contributed by atoms with Crippen LogP contribution in [0, 0.1) is 5.92 Å². The summed E-state index contributed by atoms with van der Waals surface area (Å²) in [5, 5.41) is 0. The number of carbonyl (C=O) groups is 3. The van der Waals surface area contributed by atoms with E-state index >= 15 is 0 Å². The Hall–Kier alpha value is -4.01. The predicted octanol–water partition coefficient (Wildman–Crippen LogP) is 1.92. The molecular formula is C26H28N5O4+. The third kappa shape index (κ3) is 4.41. The van der Waals surface area contributed by atoms with Crippen LogP contribution >= 0.6 is 0 Å². The molecule has 0 bridgehead atoms. The van der Waals surface area contributed by atoms with Gasteiger partial charge in [-0.3, -0.25) is 19.1 Å². The van der Waals surface area contributed by atoms with Gasteiger partial charge in [0.25, 0.3) is 5.91 Å². The van der Waals surface area contributed by atoms with E-state index in [4.69, 9.17) is 9.73 Å². The predicted molar refractivity (Wildman–Crippen MR) is 128 cm³/mol. The van der Waals surface area contributed by atoms with E-state index in [0.717, 1.165) is 22.6 Å². The molecule has 9 heteroatoms. The summed E-state index contributed by atoms with van der Waals surface area (Å²) in [6.07, 6.45) is 0. The molecule has 1 saturated heterocycles. The molecule has 180 valence electrons. The average molecular weight is 475 g/mol. The third-order valence-corrected chi connectivity index (χ3v) is 6.46. The largest absolute Gasteiger partial charge is 0.459 e. The fourth-order valence-electron chi connectivity index (χ4n) is 4.79.